The van der Waals surface area contributed by atoms with E-state index in [0.717, 1.165) is 25.0 Å². The van der Waals surface area contributed by atoms with Crippen molar-refractivity contribution in [3.63, 3.8) is 0 Å². The molecule has 1 aliphatic rings. The third-order valence-electron chi connectivity index (χ3n) is 2.47. The van der Waals surface area contributed by atoms with E-state index in [1.165, 1.54) is 0 Å². The standard InChI is InChI=1S/C11H13NO3/c13-11(14)9-3-1-2-8(6-9)7-10-4-5-15-12-10/h1-3,6,10,12H,4-5,7H2,(H,13,14). The van der Waals surface area contributed by atoms with Gasteiger partial charge in [0.2, 0.25) is 0 Å². The Kier molecular flexibility index (Phi) is 2.99. The van der Waals surface area contributed by atoms with E-state index >= 15 is 0 Å². The van der Waals surface area contributed by atoms with Crippen LogP contribution >= 0.6 is 0 Å². The van der Waals surface area contributed by atoms with Crippen LogP contribution in [0.1, 0.15) is 22.3 Å². The highest BCUT2D eigenvalue weighted by Gasteiger charge is 2.15. The Morgan fingerprint density at radius 2 is 2.47 bits per heavy atom. The second-order valence-electron chi connectivity index (χ2n) is 3.66. The van der Waals surface area contributed by atoms with Gasteiger partial charge in [-0.3, -0.25) is 0 Å². The van der Waals surface area contributed by atoms with Crippen molar-refractivity contribution in [2.24, 2.45) is 0 Å². The Hall–Kier alpha value is -1.39. The Labute approximate surface area is 87.8 Å². The van der Waals surface area contributed by atoms with Crippen LogP contribution in [-0.2, 0) is 11.3 Å². The summed E-state index contributed by atoms with van der Waals surface area (Å²) in [4.78, 5) is 15.8. The minimum atomic E-state index is -0.882. The molecule has 4 nitrogen and oxygen atoms in total. The van der Waals surface area contributed by atoms with Crippen LogP contribution < -0.4 is 5.48 Å². The van der Waals surface area contributed by atoms with Crippen molar-refractivity contribution in [2.45, 2.75) is 18.9 Å². The molecule has 0 amide bonds. The van der Waals surface area contributed by atoms with Gasteiger partial charge in [-0.15, -0.1) is 0 Å². The van der Waals surface area contributed by atoms with Gasteiger partial charge >= 0.3 is 5.97 Å². The summed E-state index contributed by atoms with van der Waals surface area (Å²) in [5, 5.41) is 8.83. The van der Waals surface area contributed by atoms with Gasteiger partial charge in [-0.1, -0.05) is 12.1 Å². The summed E-state index contributed by atoms with van der Waals surface area (Å²) in [7, 11) is 0. The van der Waals surface area contributed by atoms with Crippen molar-refractivity contribution < 1.29 is 14.7 Å². The van der Waals surface area contributed by atoms with Gasteiger partial charge in [0.15, 0.2) is 0 Å². The van der Waals surface area contributed by atoms with Crippen molar-refractivity contribution in [3.8, 4) is 0 Å². The molecule has 1 fully saturated rings. The normalized spacial score (nSPS) is 20.4. The molecule has 0 spiro atoms. The first kappa shape index (κ1) is 10.1. The number of aromatic carboxylic acids is 1. The quantitative estimate of drug-likeness (QED) is 0.782. The summed E-state index contributed by atoms with van der Waals surface area (Å²) < 4.78 is 0. The van der Waals surface area contributed by atoms with Crippen molar-refractivity contribution in [1.29, 1.82) is 0 Å². The summed E-state index contributed by atoms with van der Waals surface area (Å²) in [5.41, 5.74) is 4.27. The molecule has 0 aromatic heterocycles. The predicted octanol–water partition coefficient (Wildman–Crippen LogP) is 1.22. The van der Waals surface area contributed by atoms with E-state index in [0.29, 0.717) is 11.6 Å². The Bertz CT molecular complexity index is 359. The molecule has 0 aliphatic carbocycles. The van der Waals surface area contributed by atoms with E-state index < -0.39 is 5.97 Å². The average Bonchev–Trinajstić information content (AvgIpc) is 2.71. The molecular formula is C11H13NO3. The van der Waals surface area contributed by atoms with Gasteiger partial charge in [0, 0.05) is 6.04 Å². The molecule has 80 valence electrons. The van der Waals surface area contributed by atoms with Gasteiger partial charge in [-0.05, 0) is 30.5 Å². The van der Waals surface area contributed by atoms with Crippen LogP contribution in [0, 0.1) is 0 Å². The minimum Gasteiger partial charge on any atom is -0.478 e. The molecule has 2 N–H and O–H groups in total. The van der Waals surface area contributed by atoms with Crippen LogP contribution in [0.25, 0.3) is 0 Å². The molecule has 1 atom stereocenters. The molecule has 1 saturated heterocycles. The molecule has 1 unspecified atom stereocenters. The zero-order valence-corrected chi connectivity index (χ0v) is 8.27. The van der Waals surface area contributed by atoms with E-state index in [9.17, 15) is 4.79 Å². The number of nitrogens with one attached hydrogen (secondary N) is 1. The molecular weight excluding hydrogens is 194 g/mol. The third-order valence-corrected chi connectivity index (χ3v) is 2.47. The van der Waals surface area contributed by atoms with Crippen molar-refractivity contribution in [2.75, 3.05) is 6.61 Å². The van der Waals surface area contributed by atoms with Crippen LogP contribution in [0.2, 0.25) is 0 Å². The van der Waals surface area contributed by atoms with Crippen molar-refractivity contribution >= 4 is 5.97 Å². The summed E-state index contributed by atoms with van der Waals surface area (Å²) in [5.74, 6) is -0.882. The van der Waals surface area contributed by atoms with Crippen LogP contribution in [0.15, 0.2) is 24.3 Å². The first-order valence-electron chi connectivity index (χ1n) is 4.95. The topological polar surface area (TPSA) is 58.6 Å². The molecule has 1 heterocycles. The number of carbonyl (C=O) groups is 1. The van der Waals surface area contributed by atoms with Gasteiger partial charge in [-0.2, -0.15) is 5.48 Å². The summed E-state index contributed by atoms with van der Waals surface area (Å²) in [6, 6.07) is 7.32. The molecule has 0 saturated carbocycles. The Balaban J connectivity index is 2.07. The summed E-state index contributed by atoms with van der Waals surface area (Å²) in [6.45, 7) is 0.725. The van der Waals surface area contributed by atoms with E-state index in [-0.39, 0.29) is 0 Å². The van der Waals surface area contributed by atoms with Crippen LogP contribution in [-0.4, -0.2) is 23.7 Å². The number of benzene rings is 1. The smallest absolute Gasteiger partial charge is 0.335 e. The average molecular weight is 207 g/mol. The maximum absolute atomic E-state index is 10.8. The van der Waals surface area contributed by atoms with Crippen LogP contribution in [0.5, 0.6) is 0 Å². The largest absolute Gasteiger partial charge is 0.478 e. The first-order chi connectivity index (χ1) is 7.25. The fourth-order valence-electron chi connectivity index (χ4n) is 1.70. The number of hydroxylamine groups is 1. The zero-order valence-electron chi connectivity index (χ0n) is 8.27. The van der Waals surface area contributed by atoms with Crippen LogP contribution in [0.4, 0.5) is 0 Å². The first-order valence-corrected chi connectivity index (χ1v) is 4.95. The van der Waals surface area contributed by atoms with E-state index in [4.69, 9.17) is 9.94 Å². The lowest BCUT2D eigenvalue weighted by Crippen LogP contribution is -2.22. The lowest BCUT2D eigenvalue weighted by Gasteiger charge is -2.08. The minimum absolute atomic E-state index is 0.300. The predicted molar refractivity (Wildman–Crippen MR) is 54.6 cm³/mol. The molecule has 0 bridgehead atoms. The van der Waals surface area contributed by atoms with Gasteiger partial charge in [-0.25, -0.2) is 4.79 Å². The summed E-state index contributed by atoms with van der Waals surface area (Å²) in [6.07, 6.45) is 1.78. The van der Waals surface area contributed by atoms with Gasteiger partial charge in [0.1, 0.15) is 0 Å². The van der Waals surface area contributed by atoms with Crippen LogP contribution in [0.3, 0.4) is 0 Å². The van der Waals surface area contributed by atoms with E-state index in [2.05, 4.69) is 5.48 Å². The van der Waals surface area contributed by atoms with Crippen molar-refractivity contribution in [1.82, 2.24) is 5.48 Å². The maximum atomic E-state index is 10.8. The van der Waals surface area contributed by atoms with Gasteiger partial charge in [0.25, 0.3) is 0 Å². The number of carboxylic acid groups (broad SMARTS) is 1. The highest BCUT2D eigenvalue weighted by molar-refractivity contribution is 5.87. The number of carboxylic acids is 1. The lowest BCUT2D eigenvalue weighted by atomic mass is 10.0. The highest BCUT2D eigenvalue weighted by atomic mass is 16.7. The maximum Gasteiger partial charge on any atom is 0.335 e. The molecule has 1 aliphatic heterocycles. The molecule has 0 radical (unpaired) electrons. The molecule has 1 aromatic carbocycles. The second kappa shape index (κ2) is 4.42. The fourth-order valence-corrected chi connectivity index (χ4v) is 1.70. The lowest BCUT2D eigenvalue weighted by molar-refractivity contribution is 0.0696. The molecule has 1 aromatic rings. The molecule has 2 rings (SSSR count). The number of hydrogen-bond acceptors (Lipinski definition) is 3. The Morgan fingerprint density at radius 1 is 1.60 bits per heavy atom. The number of hydrogen-bond donors (Lipinski definition) is 2. The third kappa shape index (κ3) is 2.55. The van der Waals surface area contributed by atoms with Gasteiger partial charge in [0.05, 0.1) is 12.2 Å². The van der Waals surface area contributed by atoms with E-state index in [1.807, 2.05) is 6.07 Å². The van der Waals surface area contributed by atoms with E-state index in [1.54, 1.807) is 18.2 Å². The zero-order chi connectivity index (χ0) is 10.7. The number of rotatable bonds is 3. The van der Waals surface area contributed by atoms with Gasteiger partial charge < -0.3 is 9.94 Å². The molecule has 15 heavy (non-hydrogen) atoms. The van der Waals surface area contributed by atoms with Crippen molar-refractivity contribution in [3.05, 3.63) is 35.4 Å². The Morgan fingerprint density at radius 3 is 3.13 bits per heavy atom. The highest BCUT2D eigenvalue weighted by Crippen LogP contribution is 2.12. The second-order valence-corrected chi connectivity index (χ2v) is 3.66. The monoisotopic (exact) mass is 207 g/mol. The molecule has 4 heteroatoms. The fraction of sp³-hybridized carbons (Fsp3) is 0.364. The summed E-state index contributed by atoms with van der Waals surface area (Å²) >= 11 is 0. The SMILES string of the molecule is O=C(O)c1cccc(CC2CCON2)c1.